The van der Waals surface area contributed by atoms with Crippen LogP contribution in [-0.2, 0) is 17.6 Å². The zero-order chi connectivity index (χ0) is 25.6. The largest absolute Gasteiger partial charge is 0.362 e. The van der Waals surface area contributed by atoms with E-state index in [4.69, 9.17) is 9.97 Å². The SMILES string of the molecule is CN(C)c1nc(N[C@H]2CC[C@@H](NC(=O)CC(c3ccccc3)c3ccccc3)CC2)nc2c1CCCC2. The van der Waals surface area contributed by atoms with E-state index in [1.807, 2.05) is 36.4 Å². The van der Waals surface area contributed by atoms with Gasteiger partial charge in [-0.3, -0.25) is 4.79 Å². The summed E-state index contributed by atoms with van der Waals surface area (Å²) in [6.45, 7) is 0. The summed E-state index contributed by atoms with van der Waals surface area (Å²) in [5.74, 6) is 2.00. The molecule has 0 spiro atoms. The second-order valence-corrected chi connectivity index (χ2v) is 10.7. The second kappa shape index (κ2) is 11.8. The fourth-order valence-electron chi connectivity index (χ4n) is 5.84. The van der Waals surface area contributed by atoms with Crippen molar-refractivity contribution in [1.29, 1.82) is 0 Å². The fourth-order valence-corrected chi connectivity index (χ4v) is 5.84. The summed E-state index contributed by atoms with van der Waals surface area (Å²) in [5, 5.41) is 6.95. The van der Waals surface area contributed by atoms with Crippen molar-refractivity contribution in [2.45, 2.75) is 75.8 Å². The number of hydrogen-bond acceptors (Lipinski definition) is 5. The lowest BCUT2D eigenvalue weighted by molar-refractivity contribution is -0.122. The van der Waals surface area contributed by atoms with E-state index in [1.165, 1.54) is 35.2 Å². The van der Waals surface area contributed by atoms with Crippen molar-refractivity contribution in [2.75, 3.05) is 24.3 Å². The van der Waals surface area contributed by atoms with Crippen molar-refractivity contribution in [3.05, 3.63) is 83.0 Å². The van der Waals surface area contributed by atoms with Gasteiger partial charge < -0.3 is 15.5 Å². The summed E-state index contributed by atoms with van der Waals surface area (Å²) in [7, 11) is 4.13. The monoisotopic (exact) mass is 497 g/mol. The van der Waals surface area contributed by atoms with Crippen molar-refractivity contribution >= 4 is 17.7 Å². The van der Waals surface area contributed by atoms with Gasteiger partial charge in [0.15, 0.2) is 0 Å². The van der Waals surface area contributed by atoms with Gasteiger partial charge in [0.1, 0.15) is 5.82 Å². The normalized spacial score (nSPS) is 19.2. The van der Waals surface area contributed by atoms with Crippen LogP contribution in [0.15, 0.2) is 60.7 Å². The molecule has 1 saturated carbocycles. The number of rotatable bonds is 8. The van der Waals surface area contributed by atoms with Gasteiger partial charge in [0.2, 0.25) is 11.9 Å². The summed E-state index contributed by atoms with van der Waals surface area (Å²) in [6.07, 6.45) is 8.94. The minimum Gasteiger partial charge on any atom is -0.362 e. The molecule has 0 atom stereocenters. The Morgan fingerprint density at radius 1 is 0.865 bits per heavy atom. The van der Waals surface area contributed by atoms with E-state index < -0.39 is 0 Å². The molecule has 1 aromatic heterocycles. The second-order valence-electron chi connectivity index (χ2n) is 10.7. The molecular formula is C31H39N5O. The first-order valence-corrected chi connectivity index (χ1v) is 13.8. The van der Waals surface area contributed by atoms with E-state index in [1.54, 1.807) is 0 Å². The quantitative estimate of drug-likeness (QED) is 0.431. The van der Waals surface area contributed by atoms with E-state index in [-0.39, 0.29) is 17.9 Å². The molecule has 2 aliphatic carbocycles. The number of benzene rings is 2. The Morgan fingerprint density at radius 3 is 2.08 bits per heavy atom. The smallest absolute Gasteiger partial charge is 0.225 e. The number of nitrogens with one attached hydrogen (secondary N) is 2. The number of aromatic nitrogens is 2. The van der Waals surface area contributed by atoms with Gasteiger partial charge in [-0.15, -0.1) is 0 Å². The van der Waals surface area contributed by atoms with Crippen LogP contribution in [0.25, 0.3) is 0 Å². The van der Waals surface area contributed by atoms with Crippen LogP contribution in [0, 0.1) is 0 Å². The summed E-state index contributed by atoms with van der Waals surface area (Å²) >= 11 is 0. The molecule has 2 aromatic carbocycles. The number of hydrogen-bond donors (Lipinski definition) is 2. The minimum absolute atomic E-state index is 0.0625. The lowest BCUT2D eigenvalue weighted by atomic mass is 9.87. The molecule has 0 radical (unpaired) electrons. The Labute approximate surface area is 220 Å². The third kappa shape index (κ3) is 6.30. The maximum atomic E-state index is 13.1. The van der Waals surface area contributed by atoms with Gasteiger partial charge in [0, 0.05) is 44.1 Å². The fraction of sp³-hybridized carbons (Fsp3) is 0.452. The van der Waals surface area contributed by atoms with E-state index in [2.05, 4.69) is 53.9 Å². The first-order valence-electron chi connectivity index (χ1n) is 13.8. The lowest BCUT2D eigenvalue weighted by Gasteiger charge is -2.31. The van der Waals surface area contributed by atoms with Crippen LogP contribution in [-0.4, -0.2) is 42.1 Å². The minimum atomic E-state index is 0.0625. The highest BCUT2D eigenvalue weighted by Gasteiger charge is 2.26. The number of nitrogens with zero attached hydrogens (tertiary/aromatic N) is 3. The molecule has 1 amide bonds. The highest BCUT2D eigenvalue weighted by molar-refractivity contribution is 5.78. The van der Waals surface area contributed by atoms with Crippen LogP contribution >= 0.6 is 0 Å². The number of amides is 1. The van der Waals surface area contributed by atoms with Crippen molar-refractivity contribution in [1.82, 2.24) is 15.3 Å². The van der Waals surface area contributed by atoms with Crippen molar-refractivity contribution < 1.29 is 4.79 Å². The molecule has 6 heteroatoms. The van der Waals surface area contributed by atoms with E-state index in [0.29, 0.717) is 12.5 Å². The van der Waals surface area contributed by atoms with E-state index in [0.717, 1.165) is 50.3 Å². The van der Waals surface area contributed by atoms with Crippen molar-refractivity contribution in [3.63, 3.8) is 0 Å². The van der Waals surface area contributed by atoms with Gasteiger partial charge in [-0.05, 0) is 62.5 Å². The lowest BCUT2D eigenvalue weighted by Crippen LogP contribution is -2.40. The van der Waals surface area contributed by atoms with E-state index in [9.17, 15) is 4.79 Å². The van der Waals surface area contributed by atoms with Crippen LogP contribution in [0.5, 0.6) is 0 Å². The topological polar surface area (TPSA) is 70.2 Å². The number of anilines is 2. The maximum Gasteiger partial charge on any atom is 0.225 e. The Hall–Kier alpha value is -3.41. The highest BCUT2D eigenvalue weighted by atomic mass is 16.1. The number of carbonyl (C=O) groups is 1. The zero-order valence-electron chi connectivity index (χ0n) is 22.1. The first-order chi connectivity index (χ1) is 18.1. The molecule has 0 bridgehead atoms. The van der Waals surface area contributed by atoms with E-state index >= 15 is 0 Å². The predicted octanol–water partition coefficient (Wildman–Crippen LogP) is 5.48. The zero-order valence-corrected chi connectivity index (χ0v) is 22.1. The van der Waals surface area contributed by atoms with Crippen LogP contribution < -0.4 is 15.5 Å². The van der Waals surface area contributed by atoms with Crippen LogP contribution in [0.3, 0.4) is 0 Å². The molecule has 0 saturated heterocycles. The number of carbonyl (C=O) groups excluding carboxylic acids is 1. The Balaban J connectivity index is 1.17. The predicted molar refractivity (Wildman–Crippen MR) is 150 cm³/mol. The Morgan fingerprint density at radius 2 is 1.46 bits per heavy atom. The summed E-state index contributed by atoms with van der Waals surface area (Å²) in [5.41, 5.74) is 4.88. The number of aryl methyl sites for hydroxylation is 1. The molecule has 1 heterocycles. The van der Waals surface area contributed by atoms with Crippen LogP contribution in [0.4, 0.5) is 11.8 Å². The van der Waals surface area contributed by atoms with Crippen LogP contribution in [0.1, 0.15) is 73.2 Å². The third-order valence-electron chi connectivity index (χ3n) is 7.80. The van der Waals surface area contributed by atoms with Gasteiger partial charge in [-0.1, -0.05) is 60.7 Å². The molecule has 2 N–H and O–H groups in total. The average molecular weight is 498 g/mol. The number of fused-ring (bicyclic) bond motifs is 1. The molecule has 194 valence electrons. The summed E-state index contributed by atoms with van der Waals surface area (Å²) in [4.78, 5) is 25.0. The van der Waals surface area contributed by atoms with Gasteiger partial charge >= 0.3 is 0 Å². The Kier molecular flexibility index (Phi) is 8.02. The van der Waals surface area contributed by atoms with Gasteiger partial charge in [0.05, 0.1) is 5.69 Å². The Bertz CT molecular complexity index is 1130. The highest BCUT2D eigenvalue weighted by Crippen LogP contribution is 2.30. The maximum absolute atomic E-state index is 13.1. The molecule has 0 unspecified atom stereocenters. The molecule has 5 rings (SSSR count). The first kappa shape index (κ1) is 25.2. The summed E-state index contributed by atoms with van der Waals surface area (Å²) < 4.78 is 0. The molecule has 6 nitrogen and oxygen atoms in total. The average Bonchev–Trinajstić information content (AvgIpc) is 2.93. The standard InChI is InChI=1S/C31H39N5O/c1-36(2)30-26-15-9-10-16-28(26)34-31(35-30)33-25-19-17-24(18-20-25)32-29(37)21-27(22-11-5-3-6-12-22)23-13-7-4-8-14-23/h3-8,11-14,24-25,27H,9-10,15-21H2,1-2H3,(H,32,37)(H,33,34,35)/t24-,25+. The molecule has 1 fully saturated rings. The molecule has 2 aliphatic rings. The molecule has 37 heavy (non-hydrogen) atoms. The van der Waals surface area contributed by atoms with Crippen molar-refractivity contribution in [3.8, 4) is 0 Å². The van der Waals surface area contributed by atoms with Gasteiger partial charge in [0.25, 0.3) is 0 Å². The summed E-state index contributed by atoms with van der Waals surface area (Å²) in [6, 6.07) is 21.3. The van der Waals surface area contributed by atoms with Gasteiger partial charge in [-0.25, -0.2) is 4.98 Å². The third-order valence-corrected chi connectivity index (χ3v) is 7.80. The molecule has 3 aromatic rings. The molecule has 0 aliphatic heterocycles. The van der Waals surface area contributed by atoms with Gasteiger partial charge in [-0.2, -0.15) is 4.98 Å². The van der Waals surface area contributed by atoms with Crippen LogP contribution in [0.2, 0.25) is 0 Å². The molecular weight excluding hydrogens is 458 g/mol. The van der Waals surface area contributed by atoms with Crippen molar-refractivity contribution in [2.24, 2.45) is 0 Å².